The third-order valence-corrected chi connectivity index (χ3v) is 2.32. The molecule has 0 fully saturated rings. The van der Waals surface area contributed by atoms with Gasteiger partial charge in [0.2, 0.25) is 0 Å². The summed E-state index contributed by atoms with van der Waals surface area (Å²) in [5, 5.41) is 0. The molecule has 14 heavy (non-hydrogen) atoms. The first-order valence-corrected chi connectivity index (χ1v) is 4.93. The van der Waals surface area contributed by atoms with Gasteiger partial charge in [-0.1, -0.05) is 24.3 Å². The highest BCUT2D eigenvalue weighted by Crippen LogP contribution is 2.16. The van der Waals surface area contributed by atoms with Crippen molar-refractivity contribution in [3.63, 3.8) is 0 Å². The highest BCUT2D eigenvalue weighted by Gasteiger charge is 2.10. The van der Waals surface area contributed by atoms with Crippen molar-refractivity contribution in [1.29, 1.82) is 0 Å². The average molecular weight is 191 g/mol. The number of benzene rings is 1. The Bertz CT molecular complexity index is 296. The van der Waals surface area contributed by atoms with E-state index < -0.39 is 0 Å². The van der Waals surface area contributed by atoms with Crippen molar-refractivity contribution in [3.8, 4) is 0 Å². The first kappa shape index (κ1) is 10.9. The van der Waals surface area contributed by atoms with Gasteiger partial charge in [-0.05, 0) is 31.5 Å². The summed E-state index contributed by atoms with van der Waals surface area (Å²) in [6.07, 6.45) is 1.96. The number of fused-ring (bicyclic) bond motifs is 1. The van der Waals surface area contributed by atoms with Gasteiger partial charge in [0.05, 0.1) is 0 Å². The minimum Gasteiger partial charge on any atom is -0.304 e. The number of carbonyl (C=O) groups excluding carboxylic acids is 1. The van der Waals surface area contributed by atoms with Crippen molar-refractivity contribution < 1.29 is 4.79 Å². The Morgan fingerprint density at radius 2 is 1.86 bits per heavy atom. The molecule has 1 aromatic carbocycles. The lowest BCUT2D eigenvalue weighted by atomic mass is 10.0. The number of likely N-dealkylation sites (N-methyl/N-ethyl adjacent to an activating group) is 1. The molecule has 1 aliphatic heterocycles. The smallest absolute Gasteiger partial charge is 0.116 e. The molecule has 0 aliphatic carbocycles. The van der Waals surface area contributed by atoms with Crippen LogP contribution in [-0.4, -0.2) is 24.8 Å². The Morgan fingerprint density at radius 1 is 1.29 bits per heavy atom. The van der Waals surface area contributed by atoms with Gasteiger partial charge in [0.25, 0.3) is 0 Å². The van der Waals surface area contributed by atoms with Gasteiger partial charge < -0.3 is 9.69 Å². The number of rotatable bonds is 0. The molecule has 0 bridgehead atoms. The highest BCUT2D eigenvalue weighted by atomic mass is 16.1. The summed E-state index contributed by atoms with van der Waals surface area (Å²) in [5.74, 6) is 0. The maximum absolute atomic E-state index is 8.81. The van der Waals surface area contributed by atoms with Crippen LogP contribution in [0.5, 0.6) is 0 Å². The average Bonchev–Trinajstić information content (AvgIpc) is 2.19. The summed E-state index contributed by atoms with van der Waals surface area (Å²) in [7, 11) is 2.18. The van der Waals surface area contributed by atoms with Crippen LogP contribution in [0.1, 0.15) is 18.1 Å². The lowest BCUT2D eigenvalue weighted by molar-refractivity contribution is -0.106. The van der Waals surface area contributed by atoms with Crippen LogP contribution in [-0.2, 0) is 17.8 Å². The molecule has 0 atom stereocenters. The van der Waals surface area contributed by atoms with Gasteiger partial charge in [-0.3, -0.25) is 0 Å². The van der Waals surface area contributed by atoms with Crippen molar-refractivity contribution in [2.45, 2.75) is 19.9 Å². The first-order chi connectivity index (χ1) is 6.77. The minimum absolute atomic E-state index is 0.750. The second-order valence-electron chi connectivity index (χ2n) is 3.49. The Morgan fingerprint density at radius 3 is 2.50 bits per heavy atom. The molecule has 1 heterocycles. The normalized spacial score (nSPS) is 15.0. The van der Waals surface area contributed by atoms with Crippen molar-refractivity contribution >= 4 is 6.29 Å². The predicted octanol–water partition coefficient (Wildman–Crippen LogP) is 1.88. The van der Waals surface area contributed by atoms with E-state index in [-0.39, 0.29) is 0 Å². The van der Waals surface area contributed by atoms with E-state index >= 15 is 0 Å². The molecule has 0 saturated heterocycles. The Hall–Kier alpha value is -1.15. The third kappa shape index (κ3) is 2.96. The quantitative estimate of drug-likeness (QED) is 0.584. The highest BCUT2D eigenvalue weighted by molar-refractivity contribution is 5.44. The van der Waals surface area contributed by atoms with E-state index in [9.17, 15) is 0 Å². The summed E-state index contributed by atoms with van der Waals surface area (Å²) in [6, 6.07) is 8.72. The van der Waals surface area contributed by atoms with Gasteiger partial charge >= 0.3 is 0 Å². The van der Waals surface area contributed by atoms with Crippen LogP contribution >= 0.6 is 0 Å². The standard InChI is InChI=1S/C10H13N.C2H4O/c1-11-7-6-9-4-2-3-5-10(9)8-11;1-2-3/h2-5H,6-8H2,1H3;2H,1H3. The van der Waals surface area contributed by atoms with Gasteiger partial charge in [-0.25, -0.2) is 0 Å². The zero-order chi connectivity index (χ0) is 10.4. The molecular formula is C12H17NO. The zero-order valence-corrected chi connectivity index (χ0v) is 8.86. The fraction of sp³-hybridized carbons (Fsp3) is 0.417. The van der Waals surface area contributed by atoms with Gasteiger partial charge in [-0.2, -0.15) is 0 Å². The van der Waals surface area contributed by atoms with Crippen LogP contribution < -0.4 is 0 Å². The zero-order valence-electron chi connectivity index (χ0n) is 8.86. The van der Waals surface area contributed by atoms with E-state index in [1.807, 2.05) is 0 Å². The number of aldehydes is 1. The van der Waals surface area contributed by atoms with Crippen LogP contribution in [0, 0.1) is 0 Å². The molecule has 0 spiro atoms. The lowest BCUT2D eigenvalue weighted by Crippen LogP contribution is -2.26. The fourth-order valence-electron chi connectivity index (χ4n) is 1.64. The first-order valence-electron chi connectivity index (χ1n) is 4.93. The van der Waals surface area contributed by atoms with Crippen LogP contribution in [0.25, 0.3) is 0 Å². The molecule has 2 rings (SSSR count). The van der Waals surface area contributed by atoms with E-state index in [4.69, 9.17) is 4.79 Å². The van der Waals surface area contributed by atoms with Crippen molar-refractivity contribution in [1.82, 2.24) is 4.90 Å². The Labute approximate surface area is 85.5 Å². The van der Waals surface area contributed by atoms with Crippen LogP contribution in [0.15, 0.2) is 24.3 Å². The number of hydrogen-bond donors (Lipinski definition) is 0. The molecule has 1 aliphatic rings. The molecule has 0 radical (unpaired) electrons. The van der Waals surface area contributed by atoms with Crippen molar-refractivity contribution in [3.05, 3.63) is 35.4 Å². The molecule has 0 unspecified atom stereocenters. The third-order valence-electron chi connectivity index (χ3n) is 2.32. The van der Waals surface area contributed by atoms with E-state index in [1.54, 1.807) is 0 Å². The van der Waals surface area contributed by atoms with Gasteiger partial charge in [0.15, 0.2) is 0 Å². The van der Waals surface area contributed by atoms with Gasteiger partial charge in [0.1, 0.15) is 6.29 Å². The summed E-state index contributed by atoms with van der Waals surface area (Å²) < 4.78 is 0. The summed E-state index contributed by atoms with van der Waals surface area (Å²) in [6.45, 7) is 3.77. The molecular weight excluding hydrogens is 174 g/mol. The van der Waals surface area contributed by atoms with E-state index in [0.29, 0.717) is 0 Å². The Balaban J connectivity index is 0.000000293. The second-order valence-corrected chi connectivity index (χ2v) is 3.49. The predicted molar refractivity (Wildman–Crippen MR) is 58.2 cm³/mol. The maximum atomic E-state index is 8.81. The SMILES string of the molecule is CC=O.CN1CCc2ccccc2C1. The molecule has 1 aromatic rings. The summed E-state index contributed by atoms with van der Waals surface area (Å²) >= 11 is 0. The molecule has 0 aromatic heterocycles. The fourth-order valence-corrected chi connectivity index (χ4v) is 1.64. The number of nitrogens with zero attached hydrogens (tertiary/aromatic N) is 1. The Kier molecular flexibility index (Phi) is 4.33. The largest absolute Gasteiger partial charge is 0.304 e. The molecule has 0 N–H and O–H groups in total. The van der Waals surface area contributed by atoms with Crippen LogP contribution in [0.4, 0.5) is 0 Å². The number of carbonyl (C=O) groups is 1. The lowest BCUT2D eigenvalue weighted by Gasteiger charge is -2.24. The molecule has 0 amide bonds. The van der Waals surface area contributed by atoms with Crippen molar-refractivity contribution in [2.75, 3.05) is 13.6 Å². The maximum Gasteiger partial charge on any atom is 0.116 e. The van der Waals surface area contributed by atoms with E-state index in [0.717, 1.165) is 12.8 Å². The molecule has 2 nitrogen and oxygen atoms in total. The van der Waals surface area contributed by atoms with Crippen LogP contribution in [0.2, 0.25) is 0 Å². The molecule has 0 saturated carbocycles. The molecule has 2 heteroatoms. The van der Waals surface area contributed by atoms with E-state index in [1.165, 1.54) is 31.0 Å². The van der Waals surface area contributed by atoms with Crippen molar-refractivity contribution in [2.24, 2.45) is 0 Å². The van der Waals surface area contributed by atoms with E-state index in [2.05, 4.69) is 36.2 Å². The minimum atomic E-state index is 0.750. The van der Waals surface area contributed by atoms with Crippen LogP contribution in [0.3, 0.4) is 0 Å². The van der Waals surface area contributed by atoms with Gasteiger partial charge in [0, 0.05) is 13.1 Å². The summed E-state index contributed by atoms with van der Waals surface area (Å²) in [5.41, 5.74) is 3.03. The van der Waals surface area contributed by atoms with Gasteiger partial charge in [-0.15, -0.1) is 0 Å². The molecule has 76 valence electrons. The number of hydrogen-bond acceptors (Lipinski definition) is 2. The summed E-state index contributed by atoms with van der Waals surface area (Å²) in [4.78, 5) is 11.2. The monoisotopic (exact) mass is 191 g/mol. The topological polar surface area (TPSA) is 20.3 Å². The second kappa shape index (κ2) is 5.55.